The summed E-state index contributed by atoms with van der Waals surface area (Å²) >= 11 is 0. The highest BCUT2D eigenvalue weighted by atomic mass is 32.2. The summed E-state index contributed by atoms with van der Waals surface area (Å²) in [5, 5.41) is 3.54. The molecule has 0 bridgehead atoms. The number of anilines is 1. The highest BCUT2D eigenvalue weighted by Crippen LogP contribution is 2.39. The Hall–Kier alpha value is -4.18. The minimum atomic E-state index is -4.22. The maximum Gasteiger partial charge on any atom is 0.368 e. The maximum absolute atomic E-state index is 13.5. The number of piperazine rings is 1. The summed E-state index contributed by atoms with van der Waals surface area (Å²) in [4.78, 5) is 13.3. The fraction of sp³-hybridized carbons (Fsp3) is 0.306. The van der Waals surface area contributed by atoms with E-state index in [4.69, 9.17) is 9.47 Å². The van der Waals surface area contributed by atoms with Crippen molar-refractivity contribution in [3.8, 4) is 16.9 Å². The van der Waals surface area contributed by atoms with Gasteiger partial charge >= 0.3 is 10.9 Å². The molecule has 234 valence electrons. The van der Waals surface area contributed by atoms with Crippen LogP contribution in [0.2, 0.25) is 0 Å². The zero-order valence-corrected chi connectivity index (χ0v) is 26.3. The van der Waals surface area contributed by atoms with Crippen molar-refractivity contribution in [1.82, 2.24) is 10.0 Å². The lowest BCUT2D eigenvalue weighted by Gasteiger charge is -2.38. The topological polar surface area (TPSA) is 97.0 Å². The molecular weight excluding hydrogens is 586 g/mol. The predicted molar refractivity (Wildman–Crippen MR) is 177 cm³/mol. The van der Waals surface area contributed by atoms with Crippen LogP contribution < -0.4 is 19.7 Å². The molecule has 2 atom stereocenters. The Morgan fingerprint density at radius 1 is 0.933 bits per heavy atom. The Labute approximate surface area is 265 Å². The van der Waals surface area contributed by atoms with Gasteiger partial charge in [0.05, 0.1) is 6.61 Å². The van der Waals surface area contributed by atoms with E-state index in [0.717, 1.165) is 42.7 Å². The van der Waals surface area contributed by atoms with Crippen LogP contribution in [0.15, 0.2) is 103 Å². The summed E-state index contributed by atoms with van der Waals surface area (Å²) in [6, 6.07) is 34.8. The van der Waals surface area contributed by atoms with Gasteiger partial charge in [-0.05, 0) is 60.2 Å². The molecule has 4 aromatic rings. The van der Waals surface area contributed by atoms with Gasteiger partial charge in [0.1, 0.15) is 5.75 Å². The smallest absolute Gasteiger partial charge is 0.368 e. The Balaban J connectivity index is 1.08. The highest BCUT2D eigenvalue weighted by Gasteiger charge is 2.58. The first-order valence-electron chi connectivity index (χ1n) is 15.5. The zero-order valence-electron chi connectivity index (χ0n) is 25.4. The van der Waals surface area contributed by atoms with Crippen LogP contribution in [-0.2, 0) is 38.8 Å². The Bertz CT molecular complexity index is 1690. The van der Waals surface area contributed by atoms with Crippen molar-refractivity contribution in [3.05, 3.63) is 120 Å². The Morgan fingerprint density at radius 3 is 2.33 bits per heavy atom. The third kappa shape index (κ3) is 6.61. The van der Waals surface area contributed by atoms with Crippen molar-refractivity contribution in [2.24, 2.45) is 0 Å². The van der Waals surface area contributed by atoms with E-state index in [0.29, 0.717) is 23.8 Å². The van der Waals surface area contributed by atoms with E-state index in [2.05, 4.69) is 81.7 Å². The standard InChI is InChI=1S/C36H39N3O5S/c1-2-43-35(40)36(25-31-10-6-7-11-34(31)44-36)45(41,42)38-21-20-27-12-14-29(15-13-27)30-16-18-32(19-17-30)39-23-22-37-26-33(39)24-28-8-4-3-5-9-28/h3-19,33,37-38H,2,20-26H2,1H3. The van der Waals surface area contributed by atoms with Crippen LogP contribution in [0.5, 0.6) is 5.75 Å². The van der Waals surface area contributed by atoms with Crippen molar-refractivity contribution in [3.63, 3.8) is 0 Å². The molecule has 2 unspecified atom stereocenters. The number of carbonyl (C=O) groups excluding carboxylic acids is 1. The molecule has 0 aromatic heterocycles. The molecule has 9 heteroatoms. The number of carbonyl (C=O) groups is 1. The largest absolute Gasteiger partial charge is 0.462 e. The fourth-order valence-electron chi connectivity index (χ4n) is 6.15. The number of hydrogen-bond acceptors (Lipinski definition) is 7. The molecule has 8 nitrogen and oxygen atoms in total. The lowest BCUT2D eigenvalue weighted by molar-refractivity contribution is -0.153. The van der Waals surface area contributed by atoms with Crippen molar-refractivity contribution < 1.29 is 22.7 Å². The van der Waals surface area contributed by atoms with Crippen LogP contribution in [0.3, 0.4) is 0 Å². The molecule has 2 aliphatic heterocycles. The van der Waals surface area contributed by atoms with Crippen molar-refractivity contribution in [2.45, 2.75) is 37.2 Å². The third-order valence-electron chi connectivity index (χ3n) is 8.55. The van der Waals surface area contributed by atoms with Crippen LogP contribution in [0, 0.1) is 0 Å². The van der Waals surface area contributed by atoms with E-state index in [9.17, 15) is 13.2 Å². The van der Waals surface area contributed by atoms with Crippen molar-refractivity contribution in [1.29, 1.82) is 0 Å². The number of rotatable bonds is 11. The maximum atomic E-state index is 13.5. The predicted octanol–water partition coefficient (Wildman–Crippen LogP) is 4.73. The van der Waals surface area contributed by atoms with Gasteiger partial charge in [-0.1, -0.05) is 84.9 Å². The molecule has 0 amide bonds. The molecule has 2 aliphatic rings. The Morgan fingerprint density at radius 2 is 1.62 bits per heavy atom. The van der Waals surface area contributed by atoms with E-state index in [1.54, 1.807) is 31.2 Å². The molecule has 1 saturated heterocycles. The molecule has 1 fully saturated rings. The van der Waals surface area contributed by atoms with Crippen LogP contribution in [-0.4, -0.2) is 58.1 Å². The number of nitrogens with zero attached hydrogens (tertiary/aromatic N) is 1. The van der Waals surface area contributed by atoms with E-state index >= 15 is 0 Å². The molecule has 0 saturated carbocycles. The number of hydrogen-bond donors (Lipinski definition) is 2. The quantitative estimate of drug-likeness (QED) is 0.233. The average Bonchev–Trinajstić information content (AvgIpc) is 3.48. The second-order valence-corrected chi connectivity index (χ2v) is 13.4. The summed E-state index contributed by atoms with van der Waals surface area (Å²) in [7, 11) is -4.22. The van der Waals surface area contributed by atoms with Gasteiger partial charge in [0, 0.05) is 49.9 Å². The van der Waals surface area contributed by atoms with Crippen LogP contribution in [0.4, 0.5) is 5.69 Å². The zero-order chi connectivity index (χ0) is 31.3. The van der Waals surface area contributed by atoms with Gasteiger partial charge in [-0.15, -0.1) is 0 Å². The second kappa shape index (κ2) is 13.4. The Kier molecular flexibility index (Phi) is 9.21. The first-order chi connectivity index (χ1) is 21.9. The molecule has 0 spiro atoms. The lowest BCUT2D eigenvalue weighted by atomic mass is 10.00. The molecule has 0 aliphatic carbocycles. The van der Waals surface area contributed by atoms with Crippen molar-refractivity contribution in [2.75, 3.05) is 37.7 Å². The summed E-state index contributed by atoms with van der Waals surface area (Å²) in [6.45, 7) is 4.70. The van der Waals surface area contributed by atoms with E-state index < -0.39 is 20.9 Å². The first kappa shape index (κ1) is 30.8. The number of esters is 1. The van der Waals surface area contributed by atoms with Gasteiger partial charge in [0.2, 0.25) is 0 Å². The first-order valence-corrected chi connectivity index (χ1v) is 17.0. The summed E-state index contributed by atoms with van der Waals surface area (Å²) in [5.41, 5.74) is 6.40. The SMILES string of the molecule is CCOC(=O)C1(S(=O)(=O)NCCc2ccc(-c3ccc(N4CCNCC4Cc4ccccc4)cc3)cc2)Cc2ccccc2O1. The van der Waals surface area contributed by atoms with Gasteiger partial charge in [-0.25, -0.2) is 17.9 Å². The summed E-state index contributed by atoms with van der Waals surface area (Å²) in [6.07, 6.45) is 1.35. The number of nitrogens with one attached hydrogen (secondary N) is 2. The van der Waals surface area contributed by atoms with Gasteiger partial charge in [0.15, 0.2) is 0 Å². The number of sulfonamides is 1. The van der Waals surface area contributed by atoms with Crippen LogP contribution in [0.1, 0.15) is 23.6 Å². The van der Waals surface area contributed by atoms with E-state index in [-0.39, 0.29) is 19.6 Å². The number of fused-ring (bicyclic) bond motifs is 1. The monoisotopic (exact) mass is 625 g/mol. The fourth-order valence-corrected chi connectivity index (χ4v) is 7.58. The number of benzene rings is 4. The minimum absolute atomic E-state index is 0.0510. The summed E-state index contributed by atoms with van der Waals surface area (Å²) in [5.74, 6) is -0.535. The van der Waals surface area contributed by atoms with Crippen molar-refractivity contribution >= 4 is 21.7 Å². The number of para-hydroxylation sites is 1. The normalized spacial score (nSPS) is 19.5. The van der Waals surface area contributed by atoms with Gasteiger partial charge < -0.3 is 19.7 Å². The van der Waals surface area contributed by atoms with E-state index in [1.165, 1.54) is 11.3 Å². The van der Waals surface area contributed by atoms with Gasteiger partial charge in [-0.2, -0.15) is 0 Å². The van der Waals surface area contributed by atoms with Gasteiger partial charge in [-0.3, -0.25) is 0 Å². The van der Waals surface area contributed by atoms with E-state index in [1.807, 2.05) is 12.1 Å². The average molecular weight is 626 g/mol. The molecule has 0 radical (unpaired) electrons. The second-order valence-electron chi connectivity index (χ2n) is 11.5. The molecule has 2 heterocycles. The van der Waals surface area contributed by atoms with Crippen LogP contribution >= 0.6 is 0 Å². The summed E-state index contributed by atoms with van der Waals surface area (Å²) < 4.78 is 40.5. The molecule has 6 rings (SSSR count). The van der Waals surface area contributed by atoms with Gasteiger partial charge in [0.25, 0.3) is 10.0 Å². The lowest BCUT2D eigenvalue weighted by Crippen LogP contribution is -2.56. The molecular formula is C36H39N3O5S. The number of ether oxygens (including phenoxy) is 2. The minimum Gasteiger partial charge on any atom is -0.462 e. The molecule has 4 aromatic carbocycles. The molecule has 45 heavy (non-hydrogen) atoms. The van der Waals surface area contributed by atoms with Crippen LogP contribution in [0.25, 0.3) is 11.1 Å². The highest BCUT2D eigenvalue weighted by molar-refractivity contribution is 7.91. The molecule has 2 N–H and O–H groups in total. The third-order valence-corrected chi connectivity index (χ3v) is 10.4.